The number of amides is 1. The van der Waals surface area contributed by atoms with Crippen molar-refractivity contribution in [1.29, 1.82) is 0 Å². The predicted octanol–water partition coefficient (Wildman–Crippen LogP) is 1.75. The fraction of sp³-hybridized carbons (Fsp3) is 0.0833. The third-order valence-electron chi connectivity index (χ3n) is 2.34. The molecule has 0 spiro atoms. The van der Waals surface area contributed by atoms with Crippen LogP contribution in [0, 0.1) is 0 Å². The Morgan fingerprint density at radius 1 is 1.24 bits per heavy atom. The van der Waals surface area contributed by atoms with Crippen LogP contribution < -0.4 is 5.73 Å². The Labute approximate surface area is 103 Å². The Morgan fingerprint density at radius 3 is 2.53 bits per heavy atom. The van der Waals surface area contributed by atoms with Crippen molar-refractivity contribution in [1.82, 2.24) is 9.97 Å². The molecule has 0 radical (unpaired) electrons. The van der Waals surface area contributed by atoms with E-state index in [1.165, 1.54) is 12.4 Å². The Hall–Kier alpha value is -1.94. The van der Waals surface area contributed by atoms with Crippen molar-refractivity contribution < 1.29 is 4.79 Å². The quantitative estimate of drug-likeness (QED) is 0.898. The van der Waals surface area contributed by atoms with Crippen LogP contribution >= 0.6 is 11.6 Å². The molecule has 2 N–H and O–H groups in total. The van der Waals surface area contributed by atoms with E-state index in [-0.39, 0.29) is 5.15 Å². The molecule has 2 rings (SSSR count). The number of rotatable bonds is 3. The molecule has 17 heavy (non-hydrogen) atoms. The molecule has 0 aliphatic carbocycles. The minimum atomic E-state index is -0.623. The topological polar surface area (TPSA) is 68.9 Å². The minimum absolute atomic E-state index is 0.240. The van der Waals surface area contributed by atoms with Crippen LogP contribution in [-0.4, -0.2) is 15.9 Å². The number of primary amides is 1. The van der Waals surface area contributed by atoms with E-state index in [1.54, 1.807) is 0 Å². The third-order valence-corrected chi connectivity index (χ3v) is 2.52. The van der Waals surface area contributed by atoms with Crippen LogP contribution in [0.2, 0.25) is 5.15 Å². The molecule has 1 unspecified atom stereocenters. The largest absolute Gasteiger partial charge is 0.369 e. The molecule has 1 atom stereocenters. The van der Waals surface area contributed by atoms with Crippen molar-refractivity contribution in [3.8, 4) is 0 Å². The highest BCUT2D eigenvalue weighted by molar-refractivity contribution is 6.29. The lowest BCUT2D eigenvalue weighted by Crippen LogP contribution is -2.23. The third kappa shape index (κ3) is 2.60. The number of nitrogens with zero attached hydrogens (tertiary/aromatic N) is 2. The number of nitrogens with two attached hydrogens (primary N) is 1. The van der Waals surface area contributed by atoms with Gasteiger partial charge < -0.3 is 5.73 Å². The molecule has 1 aromatic heterocycles. The van der Waals surface area contributed by atoms with Crippen molar-refractivity contribution in [2.75, 3.05) is 0 Å². The molecule has 0 saturated carbocycles. The highest BCUT2D eigenvalue weighted by atomic mass is 35.5. The molecule has 4 nitrogen and oxygen atoms in total. The van der Waals surface area contributed by atoms with E-state index in [0.29, 0.717) is 5.69 Å². The van der Waals surface area contributed by atoms with E-state index in [0.717, 1.165) is 5.56 Å². The monoisotopic (exact) mass is 247 g/mol. The number of carbonyl (C=O) groups is 1. The zero-order valence-corrected chi connectivity index (χ0v) is 9.63. The number of hydrogen-bond donors (Lipinski definition) is 1. The van der Waals surface area contributed by atoms with Crippen molar-refractivity contribution in [2.24, 2.45) is 5.73 Å². The summed E-state index contributed by atoms with van der Waals surface area (Å²) in [5.74, 6) is -1.10. The summed E-state index contributed by atoms with van der Waals surface area (Å²) in [5.41, 5.74) is 6.63. The van der Waals surface area contributed by atoms with E-state index < -0.39 is 11.8 Å². The summed E-state index contributed by atoms with van der Waals surface area (Å²) < 4.78 is 0. The van der Waals surface area contributed by atoms with Crippen molar-refractivity contribution in [2.45, 2.75) is 5.92 Å². The van der Waals surface area contributed by atoms with Crippen LogP contribution in [0.3, 0.4) is 0 Å². The SMILES string of the molecule is NC(=O)C(c1ccccc1)c1cncc(Cl)n1. The molecule has 86 valence electrons. The lowest BCUT2D eigenvalue weighted by Gasteiger charge is -2.12. The smallest absolute Gasteiger partial charge is 0.231 e. The molecule has 2 aromatic rings. The lowest BCUT2D eigenvalue weighted by atomic mass is 9.95. The van der Waals surface area contributed by atoms with E-state index in [4.69, 9.17) is 17.3 Å². The van der Waals surface area contributed by atoms with Gasteiger partial charge in [0.25, 0.3) is 0 Å². The molecule has 0 fully saturated rings. The van der Waals surface area contributed by atoms with Gasteiger partial charge in [-0.15, -0.1) is 0 Å². The van der Waals surface area contributed by atoms with Gasteiger partial charge in [-0.25, -0.2) is 4.98 Å². The fourth-order valence-electron chi connectivity index (χ4n) is 1.62. The van der Waals surface area contributed by atoms with Gasteiger partial charge in [0.15, 0.2) is 0 Å². The first-order chi connectivity index (χ1) is 8.18. The summed E-state index contributed by atoms with van der Waals surface area (Å²) >= 11 is 5.76. The highest BCUT2D eigenvalue weighted by Crippen LogP contribution is 2.22. The molecule has 0 aliphatic heterocycles. The second-order valence-electron chi connectivity index (χ2n) is 3.51. The Morgan fingerprint density at radius 2 is 1.94 bits per heavy atom. The van der Waals surface area contributed by atoms with Crippen LogP contribution in [0.15, 0.2) is 42.7 Å². The molecule has 1 aromatic carbocycles. The normalized spacial score (nSPS) is 12.1. The summed E-state index contributed by atoms with van der Waals surface area (Å²) in [6.07, 6.45) is 2.91. The lowest BCUT2D eigenvalue weighted by molar-refractivity contribution is -0.118. The van der Waals surface area contributed by atoms with E-state index >= 15 is 0 Å². The van der Waals surface area contributed by atoms with Crippen LogP contribution in [0.5, 0.6) is 0 Å². The Kier molecular flexibility index (Phi) is 3.35. The fourth-order valence-corrected chi connectivity index (χ4v) is 1.78. The summed E-state index contributed by atoms with van der Waals surface area (Å²) in [7, 11) is 0. The zero-order chi connectivity index (χ0) is 12.3. The Bertz CT molecular complexity index is 530. The zero-order valence-electron chi connectivity index (χ0n) is 8.88. The van der Waals surface area contributed by atoms with Crippen molar-refractivity contribution in [3.05, 3.63) is 59.1 Å². The van der Waals surface area contributed by atoms with Crippen LogP contribution in [0.25, 0.3) is 0 Å². The average molecular weight is 248 g/mol. The molecular weight excluding hydrogens is 238 g/mol. The van der Waals surface area contributed by atoms with Crippen LogP contribution in [0.4, 0.5) is 0 Å². The molecule has 1 amide bonds. The first-order valence-corrected chi connectivity index (χ1v) is 5.38. The highest BCUT2D eigenvalue weighted by Gasteiger charge is 2.21. The molecule has 5 heteroatoms. The average Bonchev–Trinajstić information content (AvgIpc) is 2.30. The van der Waals surface area contributed by atoms with Crippen LogP contribution in [0.1, 0.15) is 17.2 Å². The summed E-state index contributed by atoms with van der Waals surface area (Å²) in [6, 6.07) is 9.17. The van der Waals surface area contributed by atoms with E-state index in [9.17, 15) is 4.79 Å². The molecule has 1 heterocycles. The maximum absolute atomic E-state index is 11.5. The van der Waals surface area contributed by atoms with Crippen LogP contribution in [-0.2, 0) is 4.79 Å². The number of carbonyl (C=O) groups excluding carboxylic acids is 1. The van der Waals surface area contributed by atoms with Gasteiger partial charge in [0.05, 0.1) is 11.9 Å². The molecule has 0 bridgehead atoms. The van der Waals surface area contributed by atoms with Gasteiger partial charge in [-0.05, 0) is 5.56 Å². The minimum Gasteiger partial charge on any atom is -0.369 e. The van der Waals surface area contributed by atoms with Gasteiger partial charge in [-0.3, -0.25) is 9.78 Å². The van der Waals surface area contributed by atoms with Crippen molar-refractivity contribution >= 4 is 17.5 Å². The van der Waals surface area contributed by atoms with Gasteiger partial charge in [0, 0.05) is 6.20 Å². The molecule has 0 saturated heterocycles. The first kappa shape index (κ1) is 11.5. The van der Waals surface area contributed by atoms with Gasteiger partial charge in [-0.1, -0.05) is 41.9 Å². The second kappa shape index (κ2) is 4.93. The summed E-state index contributed by atoms with van der Waals surface area (Å²) in [5, 5.41) is 0.240. The summed E-state index contributed by atoms with van der Waals surface area (Å²) in [6.45, 7) is 0. The standard InChI is InChI=1S/C12H10ClN3O/c13-10-7-15-6-9(16-10)11(12(14)17)8-4-2-1-3-5-8/h1-7,11H,(H2,14,17). The van der Waals surface area contributed by atoms with Crippen molar-refractivity contribution in [3.63, 3.8) is 0 Å². The van der Waals surface area contributed by atoms with Gasteiger partial charge in [0.2, 0.25) is 5.91 Å². The van der Waals surface area contributed by atoms with Gasteiger partial charge in [0.1, 0.15) is 11.1 Å². The maximum atomic E-state index is 11.5. The number of halogens is 1. The number of aromatic nitrogens is 2. The maximum Gasteiger partial charge on any atom is 0.231 e. The molecule has 0 aliphatic rings. The number of benzene rings is 1. The van der Waals surface area contributed by atoms with E-state index in [2.05, 4.69) is 9.97 Å². The summed E-state index contributed by atoms with van der Waals surface area (Å²) in [4.78, 5) is 19.5. The van der Waals surface area contributed by atoms with Gasteiger partial charge in [-0.2, -0.15) is 0 Å². The molecular formula is C12H10ClN3O. The van der Waals surface area contributed by atoms with E-state index in [1.807, 2.05) is 30.3 Å². The predicted molar refractivity (Wildman–Crippen MR) is 64.5 cm³/mol. The Balaban J connectivity index is 2.47. The second-order valence-corrected chi connectivity index (χ2v) is 3.90. The van der Waals surface area contributed by atoms with Gasteiger partial charge >= 0.3 is 0 Å². The first-order valence-electron chi connectivity index (χ1n) is 5.00. The number of hydrogen-bond acceptors (Lipinski definition) is 3.